The summed E-state index contributed by atoms with van der Waals surface area (Å²) in [6, 6.07) is 0. The Labute approximate surface area is 138 Å². The van der Waals surface area contributed by atoms with E-state index >= 15 is 0 Å². The Morgan fingerprint density at radius 2 is 1.61 bits per heavy atom. The summed E-state index contributed by atoms with van der Waals surface area (Å²) in [4.78, 5) is 22.4. The first kappa shape index (κ1) is 21.8. The van der Waals surface area contributed by atoms with Gasteiger partial charge in [-0.3, -0.25) is 9.59 Å². The molecule has 7 heteroatoms. The highest BCUT2D eigenvalue weighted by Gasteiger charge is 2.27. The molecule has 0 spiro atoms. The van der Waals surface area contributed by atoms with Crippen LogP contribution in [0.1, 0.15) is 53.4 Å². The lowest BCUT2D eigenvalue weighted by Crippen LogP contribution is -2.48. The van der Waals surface area contributed by atoms with Crippen molar-refractivity contribution in [1.29, 1.82) is 0 Å². The summed E-state index contributed by atoms with van der Waals surface area (Å²) in [5, 5.41) is 23.0. The van der Waals surface area contributed by atoms with E-state index in [4.69, 9.17) is 14.9 Å². The monoisotopic (exact) mass is 332 g/mol. The molecule has 0 saturated heterocycles. The average molecular weight is 332 g/mol. The van der Waals surface area contributed by atoms with Gasteiger partial charge in [-0.25, -0.2) is 0 Å². The van der Waals surface area contributed by atoms with Gasteiger partial charge in [0.05, 0.1) is 5.60 Å². The van der Waals surface area contributed by atoms with Gasteiger partial charge >= 0.3 is 0 Å². The second-order valence-corrected chi connectivity index (χ2v) is 6.28. The molecule has 2 amide bonds. The van der Waals surface area contributed by atoms with Crippen molar-refractivity contribution in [2.24, 2.45) is 0 Å². The highest BCUT2D eigenvalue weighted by Crippen LogP contribution is 2.22. The fraction of sp³-hybridized carbons (Fsp3) is 0.875. The molecular weight excluding hydrogens is 300 g/mol. The third-order valence-corrected chi connectivity index (χ3v) is 4.34. The van der Waals surface area contributed by atoms with Gasteiger partial charge in [0.2, 0.25) is 11.8 Å². The van der Waals surface area contributed by atoms with Crippen LogP contribution in [0.5, 0.6) is 0 Å². The van der Waals surface area contributed by atoms with Gasteiger partial charge in [0.15, 0.2) is 0 Å². The van der Waals surface area contributed by atoms with Crippen molar-refractivity contribution in [2.45, 2.75) is 64.5 Å². The minimum atomic E-state index is -0.520. The lowest BCUT2D eigenvalue weighted by atomic mass is 9.94. The molecule has 0 saturated carbocycles. The molecule has 0 heterocycles. The molecule has 23 heavy (non-hydrogen) atoms. The molecule has 0 aromatic heterocycles. The average Bonchev–Trinajstić information content (AvgIpc) is 2.54. The number of aliphatic hydroxyl groups is 2. The zero-order valence-electron chi connectivity index (χ0n) is 14.8. The summed E-state index contributed by atoms with van der Waals surface area (Å²) in [7, 11) is 0. The van der Waals surface area contributed by atoms with Crippen molar-refractivity contribution in [3.8, 4) is 0 Å². The van der Waals surface area contributed by atoms with Crippen molar-refractivity contribution in [3.05, 3.63) is 0 Å². The second-order valence-electron chi connectivity index (χ2n) is 6.28. The minimum Gasteiger partial charge on any atom is -0.387 e. The van der Waals surface area contributed by atoms with E-state index in [9.17, 15) is 9.59 Å². The number of amides is 2. The van der Waals surface area contributed by atoms with Crippen LogP contribution >= 0.6 is 0 Å². The molecular formula is C16H32N2O5. The van der Waals surface area contributed by atoms with Crippen molar-refractivity contribution in [3.63, 3.8) is 0 Å². The predicted molar refractivity (Wildman–Crippen MR) is 87.9 cm³/mol. The molecule has 136 valence electrons. The molecule has 4 N–H and O–H groups in total. The van der Waals surface area contributed by atoms with E-state index < -0.39 is 24.7 Å². The van der Waals surface area contributed by atoms with Gasteiger partial charge in [-0.05, 0) is 39.5 Å². The molecule has 0 fully saturated rings. The van der Waals surface area contributed by atoms with Crippen LogP contribution in [0, 0.1) is 0 Å². The highest BCUT2D eigenvalue weighted by molar-refractivity contribution is 5.77. The molecule has 0 radical (unpaired) electrons. The number of hydrogen-bond donors (Lipinski definition) is 4. The predicted octanol–water partition coefficient (Wildman–Crippen LogP) is 0.338. The van der Waals surface area contributed by atoms with Crippen molar-refractivity contribution in [1.82, 2.24) is 10.6 Å². The number of carbonyl (C=O) groups excluding carboxylic acids is 2. The normalized spacial score (nSPS) is 16.3. The Morgan fingerprint density at radius 1 is 1.00 bits per heavy atom. The van der Waals surface area contributed by atoms with E-state index in [0.717, 1.165) is 12.8 Å². The van der Waals surface area contributed by atoms with Gasteiger partial charge in [-0.15, -0.1) is 0 Å². The highest BCUT2D eigenvalue weighted by atomic mass is 16.5. The van der Waals surface area contributed by atoms with E-state index in [1.54, 1.807) is 0 Å². The maximum absolute atomic E-state index is 11.4. The van der Waals surface area contributed by atoms with Crippen LogP contribution in [0.4, 0.5) is 0 Å². The number of hydrogen-bond acceptors (Lipinski definition) is 5. The molecule has 0 aromatic rings. The van der Waals surface area contributed by atoms with E-state index in [2.05, 4.69) is 10.6 Å². The van der Waals surface area contributed by atoms with E-state index in [1.165, 1.54) is 0 Å². The second kappa shape index (κ2) is 10.6. The summed E-state index contributed by atoms with van der Waals surface area (Å²) in [5.41, 5.74) is -0.794. The van der Waals surface area contributed by atoms with Gasteiger partial charge in [0.25, 0.3) is 0 Å². The summed E-state index contributed by atoms with van der Waals surface area (Å²) in [6.45, 7) is 7.77. The third kappa shape index (κ3) is 8.88. The molecule has 0 aliphatic carbocycles. The Hall–Kier alpha value is -1.18. The van der Waals surface area contributed by atoms with Gasteiger partial charge in [-0.2, -0.15) is 0 Å². The Morgan fingerprint density at radius 3 is 2.09 bits per heavy atom. The van der Waals surface area contributed by atoms with Crippen LogP contribution in [-0.4, -0.2) is 59.5 Å². The zero-order valence-corrected chi connectivity index (χ0v) is 14.8. The van der Waals surface area contributed by atoms with Crippen molar-refractivity contribution >= 4 is 11.8 Å². The molecule has 7 nitrogen and oxygen atoms in total. The first-order valence-electron chi connectivity index (χ1n) is 8.17. The van der Waals surface area contributed by atoms with Crippen LogP contribution in [0.2, 0.25) is 0 Å². The first-order chi connectivity index (χ1) is 10.7. The van der Waals surface area contributed by atoms with Gasteiger partial charge in [0, 0.05) is 18.7 Å². The van der Waals surface area contributed by atoms with E-state index in [0.29, 0.717) is 26.0 Å². The maximum Gasteiger partial charge on any atom is 0.246 e. The quantitative estimate of drug-likeness (QED) is 0.412. The molecule has 0 aliphatic rings. The molecule has 2 atom stereocenters. The number of rotatable bonds is 12. The SMILES string of the molecule is CCC(C)(CCOC(C)(CC)CCNC(=O)CO)NC(=O)CO. The Bertz CT molecular complexity index is 377. The number of carbonyl (C=O) groups is 2. The third-order valence-electron chi connectivity index (χ3n) is 4.34. The van der Waals surface area contributed by atoms with Crippen molar-refractivity contribution in [2.75, 3.05) is 26.4 Å². The molecule has 0 aliphatic heterocycles. The van der Waals surface area contributed by atoms with E-state index in [1.807, 2.05) is 27.7 Å². The summed E-state index contributed by atoms with van der Waals surface area (Å²) in [5.74, 6) is -0.784. The van der Waals surface area contributed by atoms with Crippen LogP contribution in [0.25, 0.3) is 0 Å². The number of ether oxygens (including phenoxy) is 1. The fourth-order valence-electron chi connectivity index (χ4n) is 2.10. The van der Waals surface area contributed by atoms with Crippen LogP contribution in [-0.2, 0) is 14.3 Å². The molecule has 0 aromatic carbocycles. The molecule has 0 rings (SSSR count). The summed E-state index contributed by atoms with van der Waals surface area (Å²) < 4.78 is 5.98. The molecule has 0 bridgehead atoms. The van der Waals surface area contributed by atoms with Crippen LogP contribution in [0.15, 0.2) is 0 Å². The van der Waals surface area contributed by atoms with Gasteiger partial charge in [-0.1, -0.05) is 13.8 Å². The molecule has 2 unspecified atom stereocenters. The largest absolute Gasteiger partial charge is 0.387 e. The fourth-order valence-corrected chi connectivity index (χ4v) is 2.10. The smallest absolute Gasteiger partial charge is 0.246 e. The lowest BCUT2D eigenvalue weighted by molar-refractivity contribution is -0.126. The topological polar surface area (TPSA) is 108 Å². The van der Waals surface area contributed by atoms with Crippen LogP contribution < -0.4 is 10.6 Å². The standard InChI is InChI=1S/C16H32N2O5/c1-5-15(3,18-14(22)12-20)8-10-23-16(4,6-2)7-9-17-13(21)11-19/h19-20H,5-12H2,1-4H3,(H,17,21)(H,18,22). The first-order valence-corrected chi connectivity index (χ1v) is 8.17. The number of nitrogens with one attached hydrogen (secondary N) is 2. The van der Waals surface area contributed by atoms with Gasteiger partial charge < -0.3 is 25.6 Å². The summed E-state index contributed by atoms with van der Waals surface area (Å²) in [6.07, 6.45) is 2.79. The van der Waals surface area contributed by atoms with Gasteiger partial charge in [0.1, 0.15) is 13.2 Å². The number of aliphatic hydroxyl groups excluding tert-OH is 2. The lowest BCUT2D eigenvalue weighted by Gasteiger charge is -2.33. The minimum absolute atomic E-state index is 0.377. The Kier molecular flexibility index (Phi) is 10.0. The zero-order chi connectivity index (χ0) is 17.9. The summed E-state index contributed by atoms with van der Waals surface area (Å²) >= 11 is 0. The van der Waals surface area contributed by atoms with E-state index in [-0.39, 0.29) is 11.5 Å². The Balaban J connectivity index is 4.36. The van der Waals surface area contributed by atoms with Crippen LogP contribution in [0.3, 0.4) is 0 Å². The maximum atomic E-state index is 11.4. The van der Waals surface area contributed by atoms with Crippen molar-refractivity contribution < 1.29 is 24.5 Å².